The molecule has 2 heterocycles. The van der Waals surface area contributed by atoms with Crippen LogP contribution in [0.2, 0.25) is 0 Å². The molecule has 0 aliphatic heterocycles. The number of aromatic carboxylic acids is 1. The highest BCUT2D eigenvalue weighted by Crippen LogP contribution is 2.20. The van der Waals surface area contributed by atoms with Crippen molar-refractivity contribution in [3.8, 4) is 11.4 Å². The van der Waals surface area contributed by atoms with Crippen LogP contribution in [0.3, 0.4) is 0 Å². The normalized spacial score (nSPS) is 10.7. The summed E-state index contributed by atoms with van der Waals surface area (Å²) in [5, 5.41) is 23.7. The van der Waals surface area contributed by atoms with E-state index in [9.17, 15) is 14.9 Å². The lowest BCUT2D eigenvalue weighted by Crippen LogP contribution is -1.99. The van der Waals surface area contributed by atoms with Crippen LogP contribution in [0.4, 0.5) is 5.69 Å². The van der Waals surface area contributed by atoms with Crippen molar-refractivity contribution in [3.05, 3.63) is 58.3 Å². The number of benzene rings is 1. The van der Waals surface area contributed by atoms with E-state index in [1.165, 1.54) is 28.9 Å². The number of hydrogen-bond acceptors (Lipinski definition) is 5. The molecule has 0 atom stereocenters. The minimum atomic E-state index is -1.05. The van der Waals surface area contributed by atoms with Crippen molar-refractivity contribution < 1.29 is 14.8 Å². The minimum Gasteiger partial charge on any atom is -0.478 e. The molecule has 21 heavy (non-hydrogen) atoms. The number of carboxylic acid groups (broad SMARTS) is 1. The van der Waals surface area contributed by atoms with Gasteiger partial charge in [-0.25, -0.2) is 14.3 Å². The topological polar surface area (TPSA) is 111 Å². The van der Waals surface area contributed by atoms with Crippen LogP contribution >= 0.6 is 0 Å². The third kappa shape index (κ3) is 2.29. The molecule has 3 rings (SSSR count). The van der Waals surface area contributed by atoms with Crippen molar-refractivity contribution in [2.24, 2.45) is 0 Å². The van der Waals surface area contributed by atoms with Gasteiger partial charge >= 0.3 is 5.97 Å². The first-order chi connectivity index (χ1) is 10.0. The van der Waals surface area contributed by atoms with Crippen LogP contribution in [0.1, 0.15) is 10.4 Å². The summed E-state index contributed by atoms with van der Waals surface area (Å²) in [5.41, 5.74) is 1.19. The summed E-state index contributed by atoms with van der Waals surface area (Å²) in [6.07, 6.45) is 1.36. The number of fused-ring (bicyclic) bond motifs is 1. The lowest BCUT2D eigenvalue weighted by molar-refractivity contribution is -0.384. The highest BCUT2D eigenvalue weighted by atomic mass is 16.6. The van der Waals surface area contributed by atoms with Crippen molar-refractivity contribution in [1.29, 1.82) is 0 Å². The van der Waals surface area contributed by atoms with Crippen LogP contribution in [0.5, 0.6) is 0 Å². The number of nitro groups is 1. The summed E-state index contributed by atoms with van der Waals surface area (Å²) in [4.78, 5) is 25.3. The molecule has 8 nitrogen and oxygen atoms in total. The van der Waals surface area contributed by atoms with Crippen molar-refractivity contribution in [2.75, 3.05) is 0 Å². The first-order valence-corrected chi connectivity index (χ1v) is 5.89. The Bertz CT molecular complexity index is 854. The molecule has 0 unspecified atom stereocenters. The number of non-ortho nitro benzene ring substituents is 1. The maximum atomic E-state index is 10.9. The van der Waals surface area contributed by atoms with E-state index in [0.717, 1.165) is 0 Å². The number of nitro benzene ring substituents is 1. The van der Waals surface area contributed by atoms with Gasteiger partial charge in [0.15, 0.2) is 11.5 Å². The molecule has 0 fully saturated rings. The van der Waals surface area contributed by atoms with E-state index in [4.69, 9.17) is 5.11 Å². The molecule has 8 heteroatoms. The fourth-order valence-corrected chi connectivity index (χ4v) is 1.86. The van der Waals surface area contributed by atoms with Crippen LogP contribution in [0, 0.1) is 10.1 Å². The van der Waals surface area contributed by atoms with E-state index in [1.807, 2.05) is 0 Å². The predicted octanol–water partition coefficient (Wildman–Crippen LogP) is 2.00. The zero-order chi connectivity index (χ0) is 15.0. The Morgan fingerprint density at radius 1 is 1.19 bits per heavy atom. The van der Waals surface area contributed by atoms with E-state index in [2.05, 4.69) is 10.1 Å². The average molecular weight is 284 g/mol. The number of aromatic nitrogens is 3. The maximum absolute atomic E-state index is 10.9. The summed E-state index contributed by atoms with van der Waals surface area (Å²) in [7, 11) is 0. The monoisotopic (exact) mass is 284 g/mol. The number of carbonyl (C=O) groups is 1. The molecular weight excluding hydrogens is 276 g/mol. The van der Waals surface area contributed by atoms with Gasteiger partial charge in [-0.3, -0.25) is 10.1 Å². The van der Waals surface area contributed by atoms with Gasteiger partial charge in [-0.15, -0.1) is 5.10 Å². The molecule has 1 aromatic carbocycles. The van der Waals surface area contributed by atoms with E-state index >= 15 is 0 Å². The minimum absolute atomic E-state index is 0.0179. The number of rotatable bonds is 3. The second kappa shape index (κ2) is 4.67. The van der Waals surface area contributed by atoms with Crippen molar-refractivity contribution in [3.63, 3.8) is 0 Å². The first-order valence-electron chi connectivity index (χ1n) is 5.89. The molecule has 2 aromatic heterocycles. The lowest BCUT2D eigenvalue weighted by atomic mass is 10.2. The Morgan fingerprint density at radius 3 is 2.52 bits per heavy atom. The number of hydrogen-bond donors (Lipinski definition) is 1. The van der Waals surface area contributed by atoms with E-state index in [-0.39, 0.29) is 11.3 Å². The quantitative estimate of drug-likeness (QED) is 0.581. The molecule has 0 aliphatic rings. The largest absolute Gasteiger partial charge is 0.478 e. The average Bonchev–Trinajstić information content (AvgIpc) is 2.90. The second-order valence-electron chi connectivity index (χ2n) is 4.27. The lowest BCUT2D eigenvalue weighted by Gasteiger charge is -1.94. The Labute approximate surface area is 117 Å². The third-order valence-electron chi connectivity index (χ3n) is 2.91. The van der Waals surface area contributed by atoms with Gasteiger partial charge in [-0.1, -0.05) is 0 Å². The second-order valence-corrected chi connectivity index (χ2v) is 4.27. The highest BCUT2D eigenvalue weighted by molar-refractivity contribution is 5.87. The molecule has 0 saturated carbocycles. The van der Waals surface area contributed by atoms with E-state index in [0.29, 0.717) is 17.0 Å². The van der Waals surface area contributed by atoms with Gasteiger partial charge in [0.2, 0.25) is 0 Å². The van der Waals surface area contributed by atoms with Crippen molar-refractivity contribution in [1.82, 2.24) is 14.6 Å². The van der Waals surface area contributed by atoms with Gasteiger partial charge in [0.05, 0.1) is 10.5 Å². The van der Waals surface area contributed by atoms with Crippen LogP contribution in [-0.2, 0) is 0 Å². The van der Waals surface area contributed by atoms with Gasteiger partial charge in [-0.2, -0.15) is 0 Å². The Morgan fingerprint density at radius 2 is 1.90 bits per heavy atom. The van der Waals surface area contributed by atoms with Crippen LogP contribution in [0.25, 0.3) is 17.0 Å². The Kier molecular flexibility index (Phi) is 2.83. The fourth-order valence-electron chi connectivity index (χ4n) is 1.86. The predicted molar refractivity (Wildman–Crippen MR) is 72.0 cm³/mol. The number of pyridine rings is 1. The van der Waals surface area contributed by atoms with E-state index < -0.39 is 10.9 Å². The number of carboxylic acids is 1. The van der Waals surface area contributed by atoms with Crippen LogP contribution in [0.15, 0.2) is 42.6 Å². The molecule has 3 aromatic rings. The fraction of sp³-hybridized carbons (Fsp3) is 0. The zero-order valence-electron chi connectivity index (χ0n) is 10.5. The van der Waals surface area contributed by atoms with Gasteiger partial charge in [0.1, 0.15) is 0 Å². The van der Waals surface area contributed by atoms with Gasteiger partial charge in [0.25, 0.3) is 5.69 Å². The molecule has 0 aliphatic carbocycles. The zero-order valence-corrected chi connectivity index (χ0v) is 10.5. The molecule has 1 N–H and O–H groups in total. The molecule has 0 saturated heterocycles. The SMILES string of the molecule is O=C(O)c1ccc2nc(-c3ccc([N+](=O)[O-])cc3)nn2c1. The van der Waals surface area contributed by atoms with Crippen LogP contribution in [-0.4, -0.2) is 30.6 Å². The van der Waals surface area contributed by atoms with Crippen molar-refractivity contribution >= 4 is 17.3 Å². The molecule has 0 spiro atoms. The maximum Gasteiger partial charge on any atom is 0.337 e. The molecular formula is C13H8N4O4. The summed E-state index contributed by atoms with van der Waals surface area (Å²) < 4.78 is 1.36. The Balaban J connectivity index is 2.04. The molecule has 0 bridgehead atoms. The van der Waals surface area contributed by atoms with Crippen molar-refractivity contribution in [2.45, 2.75) is 0 Å². The Hall–Kier alpha value is -3.29. The standard InChI is InChI=1S/C13H8N4O4/c18-13(19)9-3-6-11-14-12(15-16(11)7-9)8-1-4-10(5-2-8)17(20)21/h1-7H,(H,18,19). The van der Waals surface area contributed by atoms with Gasteiger partial charge < -0.3 is 5.11 Å². The van der Waals surface area contributed by atoms with Crippen LogP contribution < -0.4 is 0 Å². The third-order valence-corrected chi connectivity index (χ3v) is 2.91. The summed E-state index contributed by atoms with van der Waals surface area (Å²) in [6.45, 7) is 0. The summed E-state index contributed by atoms with van der Waals surface area (Å²) in [6, 6.07) is 8.81. The number of nitrogens with zero attached hydrogens (tertiary/aromatic N) is 4. The molecule has 0 radical (unpaired) electrons. The molecule has 0 amide bonds. The summed E-state index contributed by atoms with van der Waals surface area (Å²) in [5.74, 6) is -0.684. The smallest absolute Gasteiger partial charge is 0.337 e. The molecule has 104 valence electrons. The van der Waals surface area contributed by atoms with E-state index in [1.54, 1.807) is 18.2 Å². The first kappa shape index (κ1) is 12.7. The summed E-state index contributed by atoms with van der Waals surface area (Å²) >= 11 is 0. The highest BCUT2D eigenvalue weighted by Gasteiger charge is 2.11. The van der Waals surface area contributed by atoms with Gasteiger partial charge in [0, 0.05) is 23.9 Å². The van der Waals surface area contributed by atoms with Gasteiger partial charge in [-0.05, 0) is 24.3 Å².